The van der Waals surface area contributed by atoms with Gasteiger partial charge in [-0.05, 0) is 32.9 Å². The van der Waals surface area contributed by atoms with Crippen molar-refractivity contribution in [2.75, 3.05) is 4.72 Å². The molecule has 0 amide bonds. The Morgan fingerprint density at radius 2 is 2.11 bits per heavy atom. The van der Waals surface area contributed by atoms with Gasteiger partial charge < -0.3 is 0 Å². The number of thiophene rings is 1. The van der Waals surface area contributed by atoms with Crippen LogP contribution in [-0.2, 0) is 16.6 Å². The fraction of sp³-hybridized carbons (Fsp3) is 0.364. The summed E-state index contributed by atoms with van der Waals surface area (Å²) < 4.78 is 29.4. The Bertz CT molecular complexity index is 704. The normalized spacial score (nSPS) is 11.8. The first-order chi connectivity index (χ1) is 8.85. The molecule has 0 bridgehead atoms. The number of aryl methyl sites for hydroxylation is 2. The Morgan fingerprint density at radius 3 is 2.58 bits per heavy atom. The average Bonchev–Trinajstić information content (AvgIpc) is 2.88. The van der Waals surface area contributed by atoms with Crippen molar-refractivity contribution in [1.29, 1.82) is 0 Å². The number of nitrogens with zero attached hydrogens (tertiary/aromatic N) is 2. The molecule has 104 valence electrons. The lowest BCUT2D eigenvalue weighted by Gasteiger charge is -2.06. The van der Waals surface area contributed by atoms with Crippen molar-refractivity contribution >= 4 is 38.6 Å². The van der Waals surface area contributed by atoms with Gasteiger partial charge in [-0.25, -0.2) is 8.42 Å². The van der Waals surface area contributed by atoms with Gasteiger partial charge in [0.25, 0.3) is 10.0 Å². The molecule has 0 atom stereocenters. The summed E-state index contributed by atoms with van der Waals surface area (Å²) in [5.74, 6) is 0. The number of nitrogens with one attached hydrogen (secondary N) is 1. The van der Waals surface area contributed by atoms with Crippen LogP contribution in [0.25, 0.3) is 0 Å². The van der Waals surface area contributed by atoms with Gasteiger partial charge in [-0.15, -0.1) is 11.3 Å². The molecule has 0 aromatic carbocycles. The predicted molar refractivity (Wildman–Crippen MR) is 77.5 cm³/mol. The number of sulfonamides is 1. The van der Waals surface area contributed by atoms with Crippen LogP contribution in [0.1, 0.15) is 18.3 Å². The van der Waals surface area contributed by atoms with Crippen LogP contribution < -0.4 is 4.72 Å². The molecule has 0 saturated heterocycles. The van der Waals surface area contributed by atoms with Crippen molar-refractivity contribution in [3.8, 4) is 0 Å². The van der Waals surface area contributed by atoms with Crippen LogP contribution in [-0.4, -0.2) is 18.2 Å². The van der Waals surface area contributed by atoms with E-state index in [9.17, 15) is 8.42 Å². The van der Waals surface area contributed by atoms with Crippen LogP contribution in [0.3, 0.4) is 0 Å². The molecule has 0 aliphatic carbocycles. The molecule has 19 heavy (non-hydrogen) atoms. The Morgan fingerprint density at radius 1 is 1.42 bits per heavy atom. The van der Waals surface area contributed by atoms with Crippen LogP contribution in [0.5, 0.6) is 0 Å². The van der Waals surface area contributed by atoms with E-state index in [0.29, 0.717) is 22.3 Å². The van der Waals surface area contributed by atoms with Crippen LogP contribution in [0.15, 0.2) is 16.3 Å². The Hall–Kier alpha value is -1.05. The maximum absolute atomic E-state index is 12.2. The molecular weight excluding hydrogens is 306 g/mol. The van der Waals surface area contributed by atoms with Crippen molar-refractivity contribution in [2.24, 2.45) is 0 Å². The number of halogens is 1. The Labute approximate surface area is 121 Å². The first-order valence-electron chi connectivity index (χ1n) is 5.67. The number of rotatable bonds is 4. The van der Waals surface area contributed by atoms with Gasteiger partial charge in [0.15, 0.2) is 0 Å². The lowest BCUT2D eigenvalue weighted by Crippen LogP contribution is -2.12. The van der Waals surface area contributed by atoms with Crippen molar-refractivity contribution in [1.82, 2.24) is 9.78 Å². The minimum Gasteiger partial charge on any atom is -0.275 e. The van der Waals surface area contributed by atoms with Gasteiger partial charge in [-0.2, -0.15) is 5.10 Å². The average molecular weight is 320 g/mol. The molecule has 2 heterocycles. The number of aromatic nitrogens is 2. The topological polar surface area (TPSA) is 64.0 Å². The zero-order valence-corrected chi connectivity index (χ0v) is 13.2. The van der Waals surface area contributed by atoms with Crippen LogP contribution in [0.4, 0.5) is 5.69 Å². The van der Waals surface area contributed by atoms with Gasteiger partial charge in [0, 0.05) is 6.54 Å². The van der Waals surface area contributed by atoms with E-state index in [4.69, 9.17) is 11.6 Å². The van der Waals surface area contributed by atoms with E-state index in [1.54, 1.807) is 17.7 Å². The molecule has 0 aliphatic heterocycles. The van der Waals surface area contributed by atoms with E-state index in [1.165, 1.54) is 6.07 Å². The number of hydrogen-bond acceptors (Lipinski definition) is 4. The van der Waals surface area contributed by atoms with Gasteiger partial charge >= 0.3 is 0 Å². The maximum atomic E-state index is 12.2. The molecule has 0 saturated carbocycles. The van der Waals surface area contributed by atoms with Gasteiger partial charge in [0.1, 0.15) is 4.21 Å². The highest BCUT2D eigenvalue weighted by Gasteiger charge is 2.21. The summed E-state index contributed by atoms with van der Waals surface area (Å²) in [6, 6.07) is 3.06. The molecule has 1 N–H and O–H groups in total. The summed E-state index contributed by atoms with van der Waals surface area (Å²) in [6.07, 6.45) is 0. The highest BCUT2D eigenvalue weighted by Crippen LogP contribution is 2.29. The molecule has 8 heteroatoms. The van der Waals surface area contributed by atoms with Crippen LogP contribution in [0, 0.1) is 13.8 Å². The second-order valence-corrected chi connectivity index (χ2v) is 7.65. The summed E-state index contributed by atoms with van der Waals surface area (Å²) in [5, 5.41) is 4.28. The maximum Gasteiger partial charge on any atom is 0.271 e. The lowest BCUT2D eigenvalue weighted by molar-refractivity contribution is 0.603. The molecule has 0 aliphatic rings. The summed E-state index contributed by atoms with van der Waals surface area (Å²) in [4.78, 5) is 0. The van der Waals surface area contributed by atoms with E-state index in [0.717, 1.165) is 17.0 Å². The monoisotopic (exact) mass is 319 g/mol. The minimum atomic E-state index is -3.60. The third-order valence-corrected chi connectivity index (χ3v) is 5.80. The first kappa shape index (κ1) is 14.4. The van der Waals surface area contributed by atoms with Crippen molar-refractivity contribution in [3.05, 3.63) is 27.9 Å². The zero-order chi connectivity index (χ0) is 14.2. The largest absolute Gasteiger partial charge is 0.275 e. The van der Waals surface area contributed by atoms with Crippen molar-refractivity contribution in [3.63, 3.8) is 0 Å². The SMILES string of the molecule is CCn1nc(C)c(NS(=O)(=O)c2ccc(Cl)s2)c1C. The number of hydrogen-bond donors (Lipinski definition) is 1. The lowest BCUT2D eigenvalue weighted by atomic mass is 10.3. The summed E-state index contributed by atoms with van der Waals surface area (Å²) in [7, 11) is -3.60. The van der Waals surface area contributed by atoms with Crippen molar-refractivity contribution < 1.29 is 8.42 Å². The van der Waals surface area contributed by atoms with E-state index in [2.05, 4.69) is 9.82 Å². The standard InChI is InChI=1S/C11H14ClN3O2S2/c1-4-15-8(3)11(7(2)13-15)14-19(16,17)10-6-5-9(12)18-10/h5-6,14H,4H2,1-3H3. The van der Waals surface area contributed by atoms with E-state index in [-0.39, 0.29) is 4.21 Å². The molecule has 2 rings (SSSR count). The first-order valence-corrected chi connectivity index (χ1v) is 8.35. The molecule has 5 nitrogen and oxygen atoms in total. The predicted octanol–water partition coefficient (Wildman–Crippen LogP) is 3.04. The molecule has 0 radical (unpaired) electrons. The van der Waals surface area contributed by atoms with E-state index < -0.39 is 10.0 Å². The van der Waals surface area contributed by atoms with Gasteiger partial charge in [0.05, 0.1) is 21.4 Å². The minimum absolute atomic E-state index is 0.195. The van der Waals surface area contributed by atoms with Gasteiger partial charge in [-0.1, -0.05) is 11.6 Å². The third-order valence-electron chi connectivity index (χ3n) is 2.73. The molecular formula is C11H14ClN3O2S2. The quantitative estimate of drug-likeness (QED) is 0.942. The van der Waals surface area contributed by atoms with Gasteiger partial charge in [0.2, 0.25) is 0 Å². The van der Waals surface area contributed by atoms with Crippen molar-refractivity contribution in [2.45, 2.75) is 31.5 Å². The van der Waals surface area contributed by atoms with Gasteiger partial charge in [-0.3, -0.25) is 9.40 Å². The fourth-order valence-electron chi connectivity index (χ4n) is 1.78. The second-order valence-electron chi connectivity index (χ2n) is 4.03. The summed E-state index contributed by atoms with van der Waals surface area (Å²) >= 11 is 6.79. The van der Waals surface area contributed by atoms with E-state index >= 15 is 0 Å². The number of anilines is 1. The highest BCUT2D eigenvalue weighted by molar-refractivity contribution is 7.94. The Kier molecular flexibility index (Phi) is 3.89. The third kappa shape index (κ3) is 2.77. The molecule has 2 aromatic rings. The molecule has 0 spiro atoms. The second kappa shape index (κ2) is 5.15. The molecule has 2 aromatic heterocycles. The fourth-order valence-corrected chi connectivity index (χ4v) is 4.44. The molecule has 0 fully saturated rings. The Balaban J connectivity index is 2.38. The summed E-state index contributed by atoms with van der Waals surface area (Å²) in [5.41, 5.74) is 1.99. The highest BCUT2D eigenvalue weighted by atomic mass is 35.5. The van der Waals surface area contributed by atoms with Crippen LogP contribution in [0.2, 0.25) is 4.34 Å². The smallest absolute Gasteiger partial charge is 0.271 e. The zero-order valence-electron chi connectivity index (χ0n) is 10.8. The molecule has 0 unspecified atom stereocenters. The van der Waals surface area contributed by atoms with Crippen LogP contribution >= 0.6 is 22.9 Å². The summed E-state index contributed by atoms with van der Waals surface area (Å²) in [6.45, 7) is 6.26. The van der Waals surface area contributed by atoms with E-state index in [1.807, 2.05) is 13.8 Å².